The first kappa shape index (κ1) is 16.0. The molecule has 4 aromatic rings. The van der Waals surface area contributed by atoms with Crippen LogP contribution in [-0.2, 0) is 0 Å². The van der Waals surface area contributed by atoms with Gasteiger partial charge in [-0.3, -0.25) is 0 Å². The Morgan fingerprint density at radius 1 is 0.577 bits per heavy atom. The molecule has 0 spiro atoms. The smallest absolute Gasteiger partial charge is 0.00906 e. The van der Waals surface area contributed by atoms with Crippen molar-refractivity contribution in [1.82, 2.24) is 0 Å². The van der Waals surface area contributed by atoms with Gasteiger partial charge in [0.15, 0.2) is 0 Å². The highest BCUT2D eigenvalue weighted by Gasteiger charge is 2.30. The predicted octanol–water partition coefficient (Wildman–Crippen LogP) is 6.35. The average molecular weight is 352 g/mol. The summed E-state index contributed by atoms with van der Waals surface area (Å²) in [5, 5.41) is 8.54. The van der Waals surface area contributed by atoms with Crippen LogP contribution in [0.2, 0.25) is 0 Å². The molecule has 1 aliphatic rings. The molecule has 1 saturated carbocycles. The predicted molar refractivity (Wildman–Crippen MR) is 115 cm³/mol. The van der Waals surface area contributed by atoms with E-state index in [2.05, 4.69) is 91.3 Å². The van der Waals surface area contributed by atoms with Crippen LogP contribution in [0.4, 0.5) is 0 Å². The normalized spacial score (nSPS) is 15.3. The van der Waals surface area contributed by atoms with Crippen molar-refractivity contribution in [2.24, 2.45) is 0 Å². The lowest BCUT2D eigenvalue weighted by atomic mass is 10.1. The largest absolute Gasteiger partial charge is 0.0616 e. The first-order valence-electron chi connectivity index (χ1n) is 9.34. The molecule has 26 heavy (non-hydrogen) atoms. The summed E-state index contributed by atoms with van der Waals surface area (Å²) >= 11 is 0. The van der Waals surface area contributed by atoms with Crippen LogP contribution in [-0.4, -0.2) is 0 Å². The topological polar surface area (TPSA) is 0 Å². The molecule has 0 nitrogen and oxygen atoms in total. The molecule has 2 radical (unpaired) electrons. The Balaban J connectivity index is 1.78. The van der Waals surface area contributed by atoms with E-state index < -0.39 is 7.92 Å². The molecule has 0 aliphatic heterocycles. The Morgan fingerprint density at radius 3 is 1.65 bits per heavy atom. The summed E-state index contributed by atoms with van der Waals surface area (Å²) in [7, 11) is -0.466. The summed E-state index contributed by atoms with van der Waals surface area (Å²) < 4.78 is 0. The van der Waals surface area contributed by atoms with Gasteiger partial charge in [-0.1, -0.05) is 84.9 Å². The number of hydrogen-bond donors (Lipinski definition) is 0. The maximum atomic E-state index is 2.46. The molecule has 126 valence electrons. The zero-order valence-corrected chi connectivity index (χ0v) is 15.6. The van der Waals surface area contributed by atoms with Gasteiger partial charge in [0.1, 0.15) is 0 Å². The standard InChI is InChI=1S/C25H21P/c1-5-15-22-19(9-1)11-7-17-24(22)26(21-13-3-4-14-21)25-18-8-12-20-10-2-6-16-23(20)25/h1-3,5-12,15-18H,4,13-14H2. The fraction of sp³-hybridized carbons (Fsp3) is 0.120. The second kappa shape index (κ2) is 6.86. The number of rotatable bonds is 3. The SMILES string of the molecule is [CH]1CC[C](P(c2cccc3ccccc23)c2cccc3ccccc23)C1. The van der Waals surface area contributed by atoms with Gasteiger partial charge < -0.3 is 0 Å². The van der Waals surface area contributed by atoms with E-state index in [1.807, 2.05) is 0 Å². The molecule has 0 atom stereocenters. The van der Waals surface area contributed by atoms with Gasteiger partial charge in [0.05, 0.1) is 0 Å². The summed E-state index contributed by atoms with van der Waals surface area (Å²) in [6, 6.07) is 31.4. The molecule has 1 heteroatoms. The van der Waals surface area contributed by atoms with Gasteiger partial charge in [-0.05, 0) is 65.8 Å². The molecule has 0 aromatic heterocycles. The lowest BCUT2D eigenvalue weighted by molar-refractivity contribution is 1.03. The monoisotopic (exact) mass is 352 g/mol. The van der Waals surface area contributed by atoms with Crippen molar-refractivity contribution in [2.75, 3.05) is 0 Å². The molecule has 5 rings (SSSR count). The van der Waals surface area contributed by atoms with Crippen LogP contribution in [0.25, 0.3) is 21.5 Å². The van der Waals surface area contributed by atoms with Gasteiger partial charge in [0.2, 0.25) is 0 Å². The van der Waals surface area contributed by atoms with Gasteiger partial charge in [-0.15, -0.1) is 0 Å². The van der Waals surface area contributed by atoms with Crippen LogP contribution in [0.15, 0.2) is 84.9 Å². The van der Waals surface area contributed by atoms with Gasteiger partial charge in [0.25, 0.3) is 0 Å². The van der Waals surface area contributed by atoms with Crippen molar-refractivity contribution in [1.29, 1.82) is 0 Å². The van der Waals surface area contributed by atoms with E-state index in [9.17, 15) is 0 Å². The van der Waals surface area contributed by atoms with Crippen LogP contribution in [0.5, 0.6) is 0 Å². The lowest BCUT2D eigenvalue weighted by Gasteiger charge is -2.27. The van der Waals surface area contributed by atoms with E-state index in [1.165, 1.54) is 45.0 Å². The molecule has 0 heterocycles. The number of hydrogen-bond acceptors (Lipinski definition) is 0. The van der Waals surface area contributed by atoms with Gasteiger partial charge >= 0.3 is 0 Å². The summed E-state index contributed by atoms with van der Waals surface area (Å²) in [5.74, 6) is 0. The lowest BCUT2D eigenvalue weighted by Crippen LogP contribution is -2.17. The third kappa shape index (κ3) is 2.74. The highest BCUT2D eigenvalue weighted by molar-refractivity contribution is 7.76. The molecule has 0 amide bonds. The summed E-state index contributed by atoms with van der Waals surface area (Å²) in [5.41, 5.74) is 1.72. The second-order valence-corrected chi connectivity index (χ2v) is 9.20. The first-order valence-corrected chi connectivity index (χ1v) is 10.7. The van der Waals surface area contributed by atoms with Crippen LogP contribution in [0.1, 0.15) is 19.3 Å². The van der Waals surface area contributed by atoms with E-state index in [0.29, 0.717) is 0 Å². The fourth-order valence-corrected chi connectivity index (χ4v) is 7.08. The van der Waals surface area contributed by atoms with Crippen LogP contribution >= 0.6 is 7.92 Å². The van der Waals surface area contributed by atoms with Crippen LogP contribution in [0.3, 0.4) is 0 Å². The fourth-order valence-electron chi connectivity index (χ4n) is 4.12. The third-order valence-corrected chi connectivity index (χ3v) is 8.13. The van der Waals surface area contributed by atoms with Crippen molar-refractivity contribution in [3.63, 3.8) is 0 Å². The van der Waals surface area contributed by atoms with E-state index in [0.717, 1.165) is 6.42 Å². The molecule has 0 saturated heterocycles. The quantitative estimate of drug-likeness (QED) is 0.377. The minimum absolute atomic E-state index is 0.466. The second-order valence-electron chi connectivity index (χ2n) is 6.93. The van der Waals surface area contributed by atoms with E-state index in [-0.39, 0.29) is 0 Å². The minimum Gasteiger partial charge on any atom is -0.0616 e. The van der Waals surface area contributed by atoms with Crippen LogP contribution < -0.4 is 10.6 Å². The minimum atomic E-state index is -0.466. The number of fused-ring (bicyclic) bond motifs is 2. The van der Waals surface area contributed by atoms with Crippen molar-refractivity contribution in [2.45, 2.75) is 19.3 Å². The average Bonchev–Trinajstić information content (AvgIpc) is 3.23. The van der Waals surface area contributed by atoms with E-state index >= 15 is 0 Å². The van der Waals surface area contributed by atoms with Gasteiger partial charge in [-0.2, -0.15) is 0 Å². The van der Waals surface area contributed by atoms with Crippen molar-refractivity contribution in [3.05, 3.63) is 97.0 Å². The van der Waals surface area contributed by atoms with Crippen LogP contribution in [0, 0.1) is 12.1 Å². The Morgan fingerprint density at radius 2 is 1.12 bits per heavy atom. The number of benzene rings is 4. The first-order chi connectivity index (χ1) is 12.9. The van der Waals surface area contributed by atoms with E-state index in [4.69, 9.17) is 0 Å². The molecule has 0 N–H and O–H groups in total. The summed E-state index contributed by atoms with van der Waals surface area (Å²) in [6.45, 7) is 0. The maximum Gasteiger partial charge on any atom is 0.00906 e. The highest BCUT2D eigenvalue weighted by atomic mass is 31.1. The third-order valence-electron chi connectivity index (χ3n) is 5.35. The van der Waals surface area contributed by atoms with E-state index in [1.54, 1.807) is 5.66 Å². The molecule has 0 bridgehead atoms. The zero-order chi connectivity index (χ0) is 17.3. The summed E-state index contributed by atoms with van der Waals surface area (Å²) in [6.07, 6.45) is 6.08. The Kier molecular flexibility index (Phi) is 4.23. The van der Waals surface area contributed by atoms with Crippen molar-refractivity contribution in [3.8, 4) is 0 Å². The Labute approximate surface area is 156 Å². The van der Waals surface area contributed by atoms with Crippen molar-refractivity contribution >= 4 is 40.1 Å². The highest BCUT2D eigenvalue weighted by Crippen LogP contribution is 2.54. The van der Waals surface area contributed by atoms with Gasteiger partial charge in [0, 0.05) is 5.66 Å². The zero-order valence-electron chi connectivity index (χ0n) is 14.7. The summed E-state index contributed by atoms with van der Waals surface area (Å²) in [4.78, 5) is 0. The molecule has 1 aliphatic carbocycles. The molecular formula is C25H21P. The maximum absolute atomic E-state index is 2.46. The molecule has 4 aromatic carbocycles. The molecular weight excluding hydrogens is 331 g/mol. The Bertz CT molecular complexity index is 970. The van der Waals surface area contributed by atoms with Gasteiger partial charge in [-0.25, -0.2) is 0 Å². The Hall–Kier alpha value is -2.17. The van der Waals surface area contributed by atoms with Crippen molar-refractivity contribution < 1.29 is 0 Å². The molecule has 1 fully saturated rings. The molecule has 0 unspecified atom stereocenters.